The SMILES string of the molecule is N#Cc1c(N)nc(N)c(C#N)c1N. The van der Waals surface area contributed by atoms with E-state index in [-0.39, 0.29) is 28.5 Å². The maximum atomic E-state index is 8.61. The third-order valence-electron chi connectivity index (χ3n) is 1.52. The van der Waals surface area contributed by atoms with Gasteiger partial charge < -0.3 is 17.2 Å². The number of pyridine rings is 1. The highest BCUT2D eigenvalue weighted by Gasteiger charge is 2.13. The van der Waals surface area contributed by atoms with E-state index in [1.807, 2.05) is 0 Å². The van der Waals surface area contributed by atoms with Crippen LogP contribution in [-0.2, 0) is 0 Å². The first-order valence-corrected chi connectivity index (χ1v) is 3.26. The fourth-order valence-electron chi connectivity index (χ4n) is 0.878. The first-order chi connectivity index (χ1) is 6.11. The first kappa shape index (κ1) is 8.62. The molecule has 13 heavy (non-hydrogen) atoms. The van der Waals surface area contributed by atoms with E-state index in [1.54, 1.807) is 12.1 Å². The Morgan fingerprint density at radius 3 is 1.62 bits per heavy atom. The van der Waals surface area contributed by atoms with Gasteiger partial charge in [0.25, 0.3) is 0 Å². The van der Waals surface area contributed by atoms with Crippen molar-refractivity contribution < 1.29 is 0 Å². The fourth-order valence-corrected chi connectivity index (χ4v) is 0.878. The van der Waals surface area contributed by atoms with Crippen LogP contribution in [0, 0.1) is 22.7 Å². The minimum atomic E-state index is -0.0588. The minimum Gasteiger partial charge on any atom is -0.396 e. The number of nitrogens with zero attached hydrogens (tertiary/aromatic N) is 3. The van der Waals surface area contributed by atoms with Crippen molar-refractivity contribution in [1.82, 2.24) is 4.98 Å². The van der Waals surface area contributed by atoms with Crippen LogP contribution in [0.15, 0.2) is 0 Å². The second-order valence-electron chi connectivity index (χ2n) is 2.27. The van der Waals surface area contributed by atoms with Gasteiger partial charge in [-0.15, -0.1) is 0 Å². The fraction of sp³-hybridized carbons (Fsp3) is 0. The van der Waals surface area contributed by atoms with Crippen LogP contribution in [0.5, 0.6) is 0 Å². The van der Waals surface area contributed by atoms with Gasteiger partial charge in [-0.25, -0.2) is 4.98 Å². The molecule has 0 amide bonds. The lowest BCUT2D eigenvalue weighted by molar-refractivity contribution is 1.30. The van der Waals surface area contributed by atoms with Gasteiger partial charge in [-0.3, -0.25) is 0 Å². The summed E-state index contributed by atoms with van der Waals surface area (Å²) in [6.45, 7) is 0. The van der Waals surface area contributed by atoms with E-state index in [2.05, 4.69) is 4.98 Å². The van der Waals surface area contributed by atoms with Crippen LogP contribution in [0.2, 0.25) is 0 Å². The van der Waals surface area contributed by atoms with E-state index in [9.17, 15) is 0 Å². The molecule has 0 aliphatic carbocycles. The molecule has 0 aliphatic heterocycles. The molecule has 0 aliphatic rings. The van der Waals surface area contributed by atoms with Gasteiger partial charge in [0.15, 0.2) is 0 Å². The van der Waals surface area contributed by atoms with Crippen molar-refractivity contribution in [2.45, 2.75) is 0 Å². The van der Waals surface area contributed by atoms with E-state index in [1.165, 1.54) is 0 Å². The number of nitriles is 2. The molecule has 0 radical (unpaired) electrons. The zero-order valence-corrected chi connectivity index (χ0v) is 6.57. The van der Waals surface area contributed by atoms with Crippen LogP contribution in [0.25, 0.3) is 0 Å². The van der Waals surface area contributed by atoms with Crippen LogP contribution >= 0.6 is 0 Å². The second kappa shape index (κ2) is 2.88. The smallest absolute Gasteiger partial charge is 0.146 e. The molecule has 64 valence electrons. The van der Waals surface area contributed by atoms with E-state index >= 15 is 0 Å². The van der Waals surface area contributed by atoms with Gasteiger partial charge >= 0.3 is 0 Å². The Bertz CT molecular complexity index is 398. The Hall–Kier alpha value is -2.47. The summed E-state index contributed by atoms with van der Waals surface area (Å²) in [7, 11) is 0. The third kappa shape index (κ3) is 1.17. The molecule has 0 spiro atoms. The topological polar surface area (TPSA) is 139 Å². The quantitative estimate of drug-likeness (QED) is 0.487. The lowest BCUT2D eigenvalue weighted by Crippen LogP contribution is -2.07. The van der Waals surface area contributed by atoms with Gasteiger partial charge in [0, 0.05) is 0 Å². The number of nitrogen functional groups attached to an aromatic ring is 3. The zero-order chi connectivity index (χ0) is 10.0. The van der Waals surface area contributed by atoms with Crippen molar-refractivity contribution >= 4 is 17.3 Å². The van der Waals surface area contributed by atoms with Gasteiger partial charge in [-0.05, 0) is 0 Å². The summed E-state index contributed by atoms with van der Waals surface area (Å²) >= 11 is 0. The van der Waals surface area contributed by atoms with E-state index < -0.39 is 0 Å². The average molecular weight is 174 g/mol. The summed E-state index contributed by atoms with van der Waals surface area (Å²) in [5.74, 6) is -0.118. The molecular weight excluding hydrogens is 168 g/mol. The largest absolute Gasteiger partial charge is 0.396 e. The van der Waals surface area contributed by atoms with Crippen molar-refractivity contribution in [3.05, 3.63) is 11.1 Å². The third-order valence-corrected chi connectivity index (χ3v) is 1.52. The molecule has 0 aromatic carbocycles. The molecule has 0 saturated carbocycles. The Morgan fingerprint density at radius 2 is 1.31 bits per heavy atom. The number of hydrogen-bond donors (Lipinski definition) is 3. The van der Waals surface area contributed by atoms with Gasteiger partial charge in [0.05, 0.1) is 5.69 Å². The van der Waals surface area contributed by atoms with Gasteiger partial charge in [0.1, 0.15) is 34.9 Å². The Morgan fingerprint density at radius 1 is 0.923 bits per heavy atom. The highest BCUT2D eigenvalue weighted by molar-refractivity contribution is 5.76. The van der Waals surface area contributed by atoms with Crippen molar-refractivity contribution in [1.29, 1.82) is 10.5 Å². The molecule has 0 atom stereocenters. The van der Waals surface area contributed by atoms with E-state index in [0.717, 1.165) is 0 Å². The monoisotopic (exact) mass is 174 g/mol. The summed E-state index contributed by atoms with van der Waals surface area (Å²) in [5.41, 5.74) is 16.1. The lowest BCUT2D eigenvalue weighted by Gasteiger charge is -2.04. The van der Waals surface area contributed by atoms with Crippen LogP contribution in [0.4, 0.5) is 17.3 Å². The molecule has 6 N–H and O–H groups in total. The molecule has 0 bridgehead atoms. The second-order valence-corrected chi connectivity index (χ2v) is 2.27. The van der Waals surface area contributed by atoms with Gasteiger partial charge in [-0.1, -0.05) is 0 Å². The number of aromatic nitrogens is 1. The van der Waals surface area contributed by atoms with Crippen LogP contribution < -0.4 is 17.2 Å². The molecule has 6 nitrogen and oxygen atoms in total. The molecule has 1 aromatic rings. The molecular formula is C7H6N6. The number of anilines is 3. The normalized spacial score (nSPS) is 8.77. The molecule has 6 heteroatoms. The summed E-state index contributed by atoms with van der Waals surface area (Å²) in [4.78, 5) is 3.61. The maximum Gasteiger partial charge on any atom is 0.146 e. The van der Waals surface area contributed by atoms with E-state index in [4.69, 9.17) is 27.7 Å². The Labute approximate surface area is 74.2 Å². The number of hydrogen-bond acceptors (Lipinski definition) is 6. The maximum absolute atomic E-state index is 8.61. The molecule has 0 saturated heterocycles. The summed E-state index contributed by atoms with van der Waals surface area (Å²) in [5, 5.41) is 17.2. The Kier molecular flexibility index (Phi) is 1.91. The molecule has 1 heterocycles. The van der Waals surface area contributed by atoms with Crippen molar-refractivity contribution in [2.75, 3.05) is 17.2 Å². The molecule has 0 unspecified atom stereocenters. The van der Waals surface area contributed by atoms with Crippen LogP contribution in [0.3, 0.4) is 0 Å². The van der Waals surface area contributed by atoms with Crippen molar-refractivity contribution in [2.24, 2.45) is 0 Å². The summed E-state index contributed by atoms with van der Waals surface area (Å²) in [6, 6.07) is 3.49. The molecule has 0 fully saturated rings. The molecule has 1 rings (SSSR count). The Balaban J connectivity index is 3.63. The highest BCUT2D eigenvalue weighted by Crippen LogP contribution is 2.24. The standard InChI is InChI=1S/C7H6N6/c8-1-3-5(10)4(2-9)7(12)13-6(3)11/h(H6,10,11,12,13). The van der Waals surface area contributed by atoms with Crippen LogP contribution in [0.1, 0.15) is 11.1 Å². The first-order valence-electron chi connectivity index (χ1n) is 3.26. The molecule has 1 aromatic heterocycles. The number of rotatable bonds is 0. The van der Waals surface area contributed by atoms with Gasteiger partial charge in [-0.2, -0.15) is 10.5 Å². The summed E-state index contributed by atoms with van der Waals surface area (Å²) in [6.07, 6.45) is 0. The lowest BCUT2D eigenvalue weighted by atomic mass is 10.1. The average Bonchev–Trinajstić information content (AvgIpc) is 2.04. The zero-order valence-electron chi connectivity index (χ0n) is 6.57. The van der Waals surface area contributed by atoms with Crippen LogP contribution in [-0.4, -0.2) is 4.98 Å². The predicted octanol–water partition coefficient (Wildman–Crippen LogP) is -0.428. The highest BCUT2D eigenvalue weighted by atomic mass is 14.9. The minimum absolute atomic E-state index is 0.00856. The van der Waals surface area contributed by atoms with E-state index in [0.29, 0.717) is 0 Å². The van der Waals surface area contributed by atoms with Crippen molar-refractivity contribution in [3.63, 3.8) is 0 Å². The van der Waals surface area contributed by atoms with Gasteiger partial charge in [0.2, 0.25) is 0 Å². The predicted molar refractivity (Wildman–Crippen MR) is 46.9 cm³/mol. The summed E-state index contributed by atoms with van der Waals surface area (Å²) < 4.78 is 0. The van der Waals surface area contributed by atoms with Crippen molar-refractivity contribution in [3.8, 4) is 12.1 Å². The number of nitrogens with two attached hydrogens (primary N) is 3.